The molecule has 0 saturated carbocycles. The van der Waals surface area contributed by atoms with Crippen molar-refractivity contribution in [2.75, 3.05) is 6.54 Å². The smallest absolute Gasteiger partial charge is 0.271 e. The summed E-state index contributed by atoms with van der Waals surface area (Å²) < 4.78 is 0. The highest BCUT2D eigenvalue weighted by atomic mass is 16.1. The molecule has 72 valence electrons. The zero-order valence-corrected chi connectivity index (χ0v) is 8.06. The summed E-state index contributed by atoms with van der Waals surface area (Å²) in [4.78, 5) is 14.8. The minimum atomic E-state index is -0.454. The Morgan fingerprint density at radius 1 is 1.38 bits per heavy atom. The van der Waals surface area contributed by atoms with E-state index < -0.39 is 5.91 Å². The number of amidine groups is 1. The number of hydrogen-bond acceptors (Lipinski definition) is 3. The van der Waals surface area contributed by atoms with Crippen LogP contribution >= 0.6 is 0 Å². The normalized spacial score (nSPS) is 10.8. The van der Waals surface area contributed by atoms with Gasteiger partial charge in [0.05, 0.1) is 5.71 Å². The molecule has 5 heteroatoms. The van der Waals surface area contributed by atoms with Crippen LogP contribution in [-0.4, -0.2) is 29.7 Å². The van der Waals surface area contributed by atoms with Crippen molar-refractivity contribution in [2.45, 2.75) is 20.8 Å². The molecule has 0 aromatic carbocycles. The molecule has 0 saturated heterocycles. The van der Waals surface area contributed by atoms with Crippen LogP contribution in [-0.2, 0) is 4.79 Å². The Morgan fingerprint density at radius 3 is 2.31 bits per heavy atom. The summed E-state index contributed by atoms with van der Waals surface area (Å²) in [7, 11) is 0. The predicted octanol–water partition coefficient (Wildman–Crippen LogP) is 0.600. The zero-order chi connectivity index (χ0) is 10.4. The van der Waals surface area contributed by atoms with Crippen molar-refractivity contribution in [1.29, 1.82) is 10.8 Å². The zero-order valence-electron chi connectivity index (χ0n) is 8.06. The van der Waals surface area contributed by atoms with E-state index in [4.69, 9.17) is 10.8 Å². The van der Waals surface area contributed by atoms with Gasteiger partial charge in [-0.05, 0) is 20.8 Å². The SMILES string of the molecule is CCNC(=O)C(=N)C(C)=NC(C)=N. The van der Waals surface area contributed by atoms with Crippen LogP contribution < -0.4 is 5.32 Å². The van der Waals surface area contributed by atoms with E-state index in [2.05, 4.69) is 10.3 Å². The standard InChI is InChI=1S/C8H14N4O/c1-4-11-8(13)7(10)5(2)12-6(3)9/h9-10H,4H2,1-3H3,(H,11,13). The second-order valence-corrected chi connectivity index (χ2v) is 2.52. The van der Waals surface area contributed by atoms with Gasteiger partial charge in [-0.25, -0.2) is 4.99 Å². The molecule has 0 radical (unpaired) electrons. The van der Waals surface area contributed by atoms with Gasteiger partial charge in [-0.15, -0.1) is 0 Å². The summed E-state index contributed by atoms with van der Waals surface area (Å²) in [6.45, 7) is 5.29. The molecule has 0 bridgehead atoms. The van der Waals surface area contributed by atoms with Gasteiger partial charge in [-0.1, -0.05) is 0 Å². The average molecular weight is 182 g/mol. The third kappa shape index (κ3) is 4.15. The van der Waals surface area contributed by atoms with Crippen LogP contribution in [0.2, 0.25) is 0 Å². The van der Waals surface area contributed by atoms with Crippen LogP contribution in [0.1, 0.15) is 20.8 Å². The third-order valence-corrected chi connectivity index (χ3v) is 1.26. The van der Waals surface area contributed by atoms with E-state index in [9.17, 15) is 4.79 Å². The Hall–Kier alpha value is -1.52. The quantitative estimate of drug-likeness (QED) is 0.433. The Morgan fingerprint density at radius 2 is 1.92 bits per heavy atom. The highest BCUT2D eigenvalue weighted by Crippen LogP contribution is 1.84. The van der Waals surface area contributed by atoms with E-state index in [1.807, 2.05) is 0 Å². The Bertz CT molecular complexity index is 267. The lowest BCUT2D eigenvalue weighted by atomic mass is 10.2. The predicted molar refractivity (Wildman–Crippen MR) is 52.9 cm³/mol. The number of amides is 1. The van der Waals surface area contributed by atoms with Crippen molar-refractivity contribution in [2.24, 2.45) is 4.99 Å². The molecule has 13 heavy (non-hydrogen) atoms. The minimum absolute atomic E-state index is 0.0894. The van der Waals surface area contributed by atoms with Gasteiger partial charge < -0.3 is 5.32 Å². The van der Waals surface area contributed by atoms with E-state index in [0.29, 0.717) is 6.54 Å². The Balaban J connectivity index is 4.43. The van der Waals surface area contributed by atoms with E-state index in [-0.39, 0.29) is 17.3 Å². The van der Waals surface area contributed by atoms with Crippen LogP contribution in [0.25, 0.3) is 0 Å². The number of nitrogens with zero attached hydrogens (tertiary/aromatic N) is 1. The first-order valence-corrected chi connectivity index (χ1v) is 3.96. The fourth-order valence-corrected chi connectivity index (χ4v) is 0.721. The molecule has 0 aliphatic carbocycles. The lowest BCUT2D eigenvalue weighted by molar-refractivity contribution is -0.114. The minimum Gasteiger partial charge on any atom is -0.351 e. The van der Waals surface area contributed by atoms with Crippen molar-refractivity contribution < 1.29 is 4.79 Å². The van der Waals surface area contributed by atoms with Crippen LogP contribution in [0.5, 0.6) is 0 Å². The Kier molecular flexibility index (Phi) is 4.58. The van der Waals surface area contributed by atoms with Gasteiger partial charge in [0.2, 0.25) is 0 Å². The van der Waals surface area contributed by atoms with Crippen molar-refractivity contribution in [3.8, 4) is 0 Å². The summed E-state index contributed by atoms with van der Waals surface area (Å²) in [5.74, 6) is -0.364. The van der Waals surface area contributed by atoms with Gasteiger partial charge in [-0.2, -0.15) is 0 Å². The number of nitrogens with one attached hydrogen (secondary N) is 3. The second kappa shape index (κ2) is 5.18. The maximum absolute atomic E-state index is 11.1. The monoisotopic (exact) mass is 182 g/mol. The molecule has 0 heterocycles. The highest BCUT2D eigenvalue weighted by molar-refractivity contribution is 6.66. The number of hydrogen-bond donors (Lipinski definition) is 3. The molecule has 0 rings (SSSR count). The number of rotatable bonds is 3. The van der Waals surface area contributed by atoms with Crippen LogP contribution in [0.3, 0.4) is 0 Å². The molecule has 1 amide bonds. The molecule has 0 aromatic heterocycles. The molecule has 0 atom stereocenters. The summed E-state index contributed by atoms with van der Waals surface area (Å²) in [6, 6.07) is 0. The van der Waals surface area contributed by atoms with Crippen LogP contribution in [0.4, 0.5) is 0 Å². The molecular formula is C8H14N4O. The fraction of sp³-hybridized carbons (Fsp3) is 0.500. The van der Waals surface area contributed by atoms with Crippen molar-refractivity contribution in [3.05, 3.63) is 0 Å². The fourth-order valence-electron chi connectivity index (χ4n) is 0.721. The summed E-state index contributed by atoms with van der Waals surface area (Å²) >= 11 is 0. The summed E-state index contributed by atoms with van der Waals surface area (Å²) in [6.07, 6.45) is 0. The Labute approximate surface area is 77.3 Å². The van der Waals surface area contributed by atoms with E-state index in [0.717, 1.165) is 0 Å². The van der Waals surface area contributed by atoms with E-state index in [1.165, 1.54) is 13.8 Å². The van der Waals surface area contributed by atoms with Crippen molar-refractivity contribution in [3.63, 3.8) is 0 Å². The molecular weight excluding hydrogens is 168 g/mol. The van der Waals surface area contributed by atoms with Gasteiger partial charge in [0, 0.05) is 6.54 Å². The first-order chi connectivity index (χ1) is 5.99. The number of aliphatic imine (C=N–C) groups is 1. The van der Waals surface area contributed by atoms with Crippen LogP contribution in [0, 0.1) is 10.8 Å². The van der Waals surface area contributed by atoms with Gasteiger partial charge in [0.1, 0.15) is 11.5 Å². The van der Waals surface area contributed by atoms with Crippen molar-refractivity contribution in [1.82, 2.24) is 5.32 Å². The second-order valence-electron chi connectivity index (χ2n) is 2.52. The topological polar surface area (TPSA) is 89.2 Å². The molecule has 0 unspecified atom stereocenters. The maximum atomic E-state index is 11.1. The van der Waals surface area contributed by atoms with Gasteiger partial charge >= 0.3 is 0 Å². The molecule has 3 N–H and O–H groups in total. The maximum Gasteiger partial charge on any atom is 0.271 e. The van der Waals surface area contributed by atoms with Gasteiger partial charge in [0.15, 0.2) is 0 Å². The molecule has 0 aromatic rings. The highest BCUT2D eigenvalue weighted by Gasteiger charge is 2.10. The molecule has 0 aliphatic heterocycles. The van der Waals surface area contributed by atoms with Gasteiger partial charge in [0.25, 0.3) is 5.91 Å². The number of carbonyl (C=O) groups excluding carboxylic acids is 1. The van der Waals surface area contributed by atoms with Crippen LogP contribution in [0.15, 0.2) is 4.99 Å². The molecule has 5 nitrogen and oxygen atoms in total. The van der Waals surface area contributed by atoms with E-state index >= 15 is 0 Å². The molecule has 0 fully saturated rings. The van der Waals surface area contributed by atoms with E-state index in [1.54, 1.807) is 6.92 Å². The largest absolute Gasteiger partial charge is 0.351 e. The van der Waals surface area contributed by atoms with Gasteiger partial charge in [-0.3, -0.25) is 15.6 Å². The number of carbonyl (C=O) groups is 1. The molecule has 0 aliphatic rings. The first-order valence-electron chi connectivity index (χ1n) is 3.96. The summed E-state index contributed by atoms with van der Waals surface area (Å²) in [5.41, 5.74) is 0.0758. The lowest BCUT2D eigenvalue weighted by Gasteiger charge is -2.02. The van der Waals surface area contributed by atoms with Crippen molar-refractivity contribution >= 4 is 23.2 Å². The lowest BCUT2D eigenvalue weighted by Crippen LogP contribution is -2.34. The average Bonchev–Trinajstić information content (AvgIpc) is 2.02. The molecule has 0 spiro atoms. The first kappa shape index (κ1) is 11.5. The third-order valence-electron chi connectivity index (χ3n) is 1.26. The summed E-state index contributed by atoms with van der Waals surface area (Å²) in [5, 5.41) is 16.9.